The molecule has 1 aliphatic carbocycles. The Morgan fingerprint density at radius 1 is 1.35 bits per heavy atom. The van der Waals surface area contributed by atoms with Gasteiger partial charge in [0.25, 0.3) is 0 Å². The van der Waals surface area contributed by atoms with E-state index in [1.807, 2.05) is 6.92 Å². The Balaban J connectivity index is 2.18. The first kappa shape index (κ1) is 15.5. The average Bonchev–Trinajstić information content (AvgIpc) is 2.44. The summed E-state index contributed by atoms with van der Waals surface area (Å²) in [5.74, 6) is -0.349. The van der Waals surface area contributed by atoms with Crippen molar-refractivity contribution >= 4 is 17.4 Å². The fraction of sp³-hybridized carbons (Fsp3) is 0.562. The fourth-order valence-corrected chi connectivity index (χ4v) is 3.10. The molecule has 0 atom stereocenters. The quantitative estimate of drug-likeness (QED) is 0.809. The minimum atomic E-state index is -0.692. The molecule has 1 aromatic carbocycles. The Labute approximate surface area is 124 Å². The van der Waals surface area contributed by atoms with Gasteiger partial charge in [-0.3, -0.25) is 4.79 Å². The highest BCUT2D eigenvalue weighted by Crippen LogP contribution is 2.34. The number of halogens is 2. The Morgan fingerprint density at radius 2 is 2.05 bits per heavy atom. The summed E-state index contributed by atoms with van der Waals surface area (Å²) < 4.78 is 19.1. The SMILES string of the molecule is CCOC1(C(=O)Cc2cc(F)ccc2Cl)CCCCC1. The predicted octanol–water partition coefficient (Wildman–Crippen LogP) is 4.33. The molecule has 0 bridgehead atoms. The molecule has 0 radical (unpaired) electrons. The number of ether oxygens (including phenoxy) is 1. The van der Waals surface area contributed by atoms with Crippen molar-refractivity contribution < 1.29 is 13.9 Å². The average molecular weight is 299 g/mol. The zero-order valence-corrected chi connectivity index (χ0v) is 12.5. The minimum absolute atomic E-state index is 0.0200. The number of carbonyl (C=O) groups excluding carboxylic acids is 1. The van der Waals surface area contributed by atoms with Crippen LogP contribution in [-0.2, 0) is 16.0 Å². The van der Waals surface area contributed by atoms with E-state index in [2.05, 4.69) is 0 Å². The summed E-state index contributed by atoms with van der Waals surface area (Å²) in [6.45, 7) is 2.42. The minimum Gasteiger partial charge on any atom is -0.367 e. The van der Waals surface area contributed by atoms with Gasteiger partial charge < -0.3 is 4.74 Å². The predicted molar refractivity (Wildman–Crippen MR) is 77.6 cm³/mol. The molecular weight excluding hydrogens is 279 g/mol. The van der Waals surface area contributed by atoms with Gasteiger partial charge in [0, 0.05) is 18.1 Å². The zero-order valence-electron chi connectivity index (χ0n) is 11.8. The molecular formula is C16H20ClFO2. The molecule has 4 heteroatoms. The second kappa shape index (κ2) is 6.68. The number of ketones is 1. The largest absolute Gasteiger partial charge is 0.367 e. The molecule has 20 heavy (non-hydrogen) atoms. The number of hydrogen-bond donors (Lipinski definition) is 0. The fourth-order valence-electron chi connectivity index (χ4n) is 2.92. The van der Waals surface area contributed by atoms with E-state index < -0.39 is 5.60 Å². The molecule has 0 N–H and O–H groups in total. The number of carbonyl (C=O) groups is 1. The van der Waals surface area contributed by atoms with Gasteiger partial charge in [0.05, 0.1) is 0 Å². The Bertz CT molecular complexity index is 476. The highest BCUT2D eigenvalue weighted by Gasteiger charge is 2.39. The van der Waals surface area contributed by atoms with Crippen molar-refractivity contribution in [3.8, 4) is 0 Å². The topological polar surface area (TPSA) is 26.3 Å². The third-order valence-corrected chi connectivity index (χ3v) is 4.32. The van der Waals surface area contributed by atoms with Crippen LogP contribution in [0.1, 0.15) is 44.6 Å². The van der Waals surface area contributed by atoms with Crippen LogP contribution in [0.2, 0.25) is 5.02 Å². The van der Waals surface area contributed by atoms with Crippen molar-refractivity contribution in [1.29, 1.82) is 0 Å². The van der Waals surface area contributed by atoms with E-state index >= 15 is 0 Å². The van der Waals surface area contributed by atoms with Gasteiger partial charge in [-0.1, -0.05) is 30.9 Å². The van der Waals surface area contributed by atoms with E-state index in [0.29, 0.717) is 17.2 Å². The molecule has 110 valence electrons. The summed E-state index contributed by atoms with van der Waals surface area (Å²) in [5.41, 5.74) is -0.149. The molecule has 0 spiro atoms. The van der Waals surface area contributed by atoms with Gasteiger partial charge >= 0.3 is 0 Å². The molecule has 1 saturated carbocycles. The Morgan fingerprint density at radius 3 is 2.70 bits per heavy atom. The number of rotatable bonds is 5. The summed E-state index contributed by atoms with van der Waals surface area (Å²) in [5, 5.41) is 0.433. The van der Waals surface area contributed by atoms with E-state index in [1.165, 1.54) is 18.2 Å². The summed E-state index contributed by atoms with van der Waals surface area (Å²) >= 11 is 6.04. The Hall–Kier alpha value is -0.930. The molecule has 0 heterocycles. The van der Waals surface area contributed by atoms with E-state index in [9.17, 15) is 9.18 Å². The maximum absolute atomic E-state index is 13.3. The molecule has 1 aliphatic rings. The molecule has 2 rings (SSSR count). The molecule has 0 amide bonds. The van der Waals surface area contributed by atoms with Crippen LogP contribution in [0.5, 0.6) is 0 Å². The maximum Gasteiger partial charge on any atom is 0.169 e. The van der Waals surface area contributed by atoms with Crippen LogP contribution >= 0.6 is 11.6 Å². The van der Waals surface area contributed by atoms with Crippen LogP contribution in [0.3, 0.4) is 0 Å². The van der Waals surface area contributed by atoms with Gasteiger partial charge in [0.15, 0.2) is 5.78 Å². The standard InChI is InChI=1S/C16H20ClFO2/c1-2-20-16(8-4-3-5-9-16)15(19)11-12-10-13(18)6-7-14(12)17/h6-7,10H,2-5,8-9,11H2,1H3. The lowest BCUT2D eigenvalue weighted by Crippen LogP contribution is -2.44. The number of hydrogen-bond acceptors (Lipinski definition) is 2. The molecule has 0 aliphatic heterocycles. The lowest BCUT2D eigenvalue weighted by atomic mass is 9.79. The zero-order chi connectivity index (χ0) is 14.6. The van der Waals surface area contributed by atoms with Crippen molar-refractivity contribution in [3.05, 3.63) is 34.6 Å². The highest BCUT2D eigenvalue weighted by atomic mass is 35.5. The van der Waals surface area contributed by atoms with Crippen LogP contribution in [-0.4, -0.2) is 18.0 Å². The molecule has 2 nitrogen and oxygen atoms in total. The van der Waals surface area contributed by atoms with Crippen molar-refractivity contribution in [3.63, 3.8) is 0 Å². The molecule has 1 fully saturated rings. The monoisotopic (exact) mass is 298 g/mol. The second-order valence-electron chi connectivity index (χ2n) is 5.32. The highest BCUT2D eigenvalue weighted by molar-refractivity contribution is 6.31. The number of Topliss-reactive ketones (excluding diaryl/α,β-unsaturated/α-hetero) is 1. The van der Waals surface area contributed by atoms with Crippen LogP contribution in [0, 0.1) is 5.82 Å². The third kappa shape index (κ3) is 3.39. The summed E-state index contributed by atoms with van der Waals surface area (Å²) in [6.07, 6.45) is 4.80. The van der Waals surface area contributed by atoms with Crippen LogP contribution in [0.25, 0.3) is 0 Å². The first-order valence-electron chi connectivity index (χ1n) is 7.18. The van der Waals surface area contributed by atoms with Gasteiger partial charge in [-0.15, -0.1) is 0 Å². The summed E-state index contributed by atoms with van der Waals surface area (Å²) in [4.78, 5) is 12.6. The normalized spacial score (nSPS) is 17.9. The van der Waals surface area contributed by atoms with Crippen molar-refractivity contribution in [2.75, 3.05) is 6.61 Å². The first-order chi connectivity index (χ1) is 9.57. The van der Waals surface area contributed by atoms with Gasteiger partial charge in [-0.25, -0.2) is 4.39 Å². The Kier molecular flexibility index (Phi) is 5.17. The molecule has 0 aromatic heterocycles. The van der Waals surface area contributed by atoms with Crippen molar-refractivity contribution in [2.24, 2.45) is 0 Å². The van der Waals surface area contributed by atoms with Crippen LogP contribution < -0.4 is 0 Å². The van der Waals surface area contributed by atoms with Gasteiger partial charge in [0.2, 0.25) is 0 Å². The van der Waals surface area contributed by atoms with E-state index in [4.69, 9.17) is 16.3 Å². The van der Waals surface area contributed by atoms with Crippen molar-refractivity contribution in [1.82, 2.24) is 0 Å². The lowest BCUT2D eigenvalue weighted by Gasteiger charge is -2.35. The van der Waals surface area contributed by atoms with Crippen LogP contribution in [0.15, 0.2) is 18.2 Å². The molecule has 0 saturated heterocycles. The van der Waals surface area contributed by atoms with Gasteiger partial charge in [0.1, 0.15) is 11.4 Å². The van der Waals surface area contributed by atoms with E-state index in [-0.39, 0.29) is 18.0 Å². The summed E-state index contributed by atoms with van der Waals surface area (Å²) in [6, 6.07) is 4.13. The second-order valence-corrected chi connectivity index (χ2v) is 5.73. The van der Waals surface area contributed by atoms with Crippen LogP contribution in [0.4, 0.5) is 4.39 Å². The van der Waals surface area contributed by atoms with E-state index in [1.54, 1.807) is 0 Å². The molecule has 1 aromatic rings. The lowest BCUT2D eigenvalue weighted by molar-refractivity contribution is -0.148. The first-order valence-corrected chi connectivity index (χ1v) is 7.56. The molecule has 0 unspecified atom stereocenters. The van der Waals surface area contributed by atoms with E-state index in [0.717, 1.165) is 32.1 Å². The summed E-state index contributed by atoms with van der Waals surface area (Å²) in [7, 11) is 0. The van der Waals surface area contributed by atoms with Crippen molar-refractivity contribution in [2.45, 2.75) is 51.0 Å². The smallest absolute Gasteiger partial charge is 0.169 e. The number of benzene rings is 1. The third-order valence-electron chi connectivity index (χ3n) is 3.95. The van der Waals surface area contributed by atoms with Gasteiger partial charge in [-0.05, 0) is 43.5 Å². The maximum atomic E-state index is 13.3. The van der Waals surface area contributed by atoms with Gasteiger partial charge in [-0.2, -0.15) is 0 Å².